The van der Waals surface area contributed by atoms with Gasteiger partial charge in [-0.05, 0) is 42.5 Å². The van der Waals surface area contributed by atoms with E-state index in [1.54, 1.807) is 24.4 Å². The Kier molecular flexibility index (Phi) is 4.56. The molecule has 2 heterocycles. The van der Waals surface area contributed by atoms with E-state index in [9.17, 15) is 18.3 Å². The van der Waals surface area contributed by atoms with Crippen molar-refractivity contribution in [2.75, 3.05) is 5.32 Å². The molecule has 9 heteroatoms. The van der Waals surface area contributed by atoms with Crippen LogP contribution in [0.15, 0.2) is 42.7 Å². The fraction of sp³-hybridized carbons (Fsp3) is 0.278. The minimum atomic E-state index is -4.53. The summed E-state index contributed by atoms with van der Waals surface area (Å²) in [4.78, 5) is 12.5. The van der Waals surface area contributed by atoms with Gasteiger partial charge in [-0.25, -0.2) is 15.0 Å². The molecule has 0 radical (unpaired) electrons. The van der Waals surface area contributed by atoms with Gasteiger partial charge in [0.1, 0.15) is 16.8 Å². The van der Waals surface area contributed by atoms with Crippen LogP contribution in [0.4, 0.5) is 24.8 Å². The van der Waals surface area contributed by atoms with Gasteiger partial charge in [-0.1, -0.05) is 12.1 Å². The van der Waals surface area contributed by atoms with E-state index in [-0.39, 0.29) is 5.95 Å². The number of hydrogen-bond acceptors (Lipinski definition) is 6. The Bertz CT molecular complexity index is 956. The minimum Gasteiger partial charge on any atom is -0.386 e. The quantitative estimate of drug-likeness (QED) is 0.652. The van der Waals surface area contributed by atoms with Crippen molar-refractivity contribution < 1.29 is 18.3 Å². The molecule has 1 unspecified atom stereocenters. The topological polar surface area (TPSA) is 70.9 Å². The molecule has 0 bridgehead atoms. The minimum absolute atomic E-state index is 0.129. The Hall–Kier alpha value is -2.52. The van der Waals surface area contributed by atoms with E-state index in [1.807, 2.05) is 6.07 Å². The molecule has 1 fully saturated rings. The predicted molar refractivity (Wildman–Crippen MR) is 95.6 cm³/mol. The lowest BCUT2D eigenvalue weighted by atomic mass is 10.2. The van der Waals surface area contributed by atoms with Crippen molar-refractivity contribution in [2.45, 2.75) is 25.1 Å². The van der Waals surface area contributed by atoms with Crippen LogP contribution in [0.1, 0.15) is 29.6 Å². The molecule has 2 N–H and O–H groups in total. The zero-order valence-electron chi connectivity index (χ0n) is 13.9. The molecule has 140 valence electrons. The molecular formula is C18H15F3N4OS. The van der Waals surface area contributed by atoms with Gasteiger partial charge in [0.25, 0.3) is 0 Å². The third kappa shape index (κ3) is 4.09. The number of benzene rings is 1. The molecule has 0 amide bonds. The number of hydrogen-bond donors (Lipinski definition) is 2. The molecule has 1 aromatic carbocycles. The fourth-order valence-corrected chi connectivity index (χ4v) is 3.62. The number of nitrogens with one attached hydrogen (secondary N) is 1. The van der Waals surface area contributed by atoms with Crippen LogP contribution < -0.4 is 5.32 Å². The lowest BCUT2D eigenvalue weighted by molar-refractivity contribution is -0.141. The maximum Gasteiger partial charge on any atom is 0.433 e. The van der Waals surface area contributed by atoms with Gasteiger partial charge in [0, 0.05) is 18.1 Å². The predicted octanol–water partition coefficient (Wildman–Crippen LogP) is 4.81. The third-order valence-electron chi connectivity index (χ3n) is 4.19. The van der Waals surface area contributed by atoms with Gasteiger partial charge in [0.05, 0.1) is 4.88 Å². The molecule has 1 aliphatic rings. The summed E-state index contributed by atoms with van der Waals surface area (Å²) in [6.45, 7) is 0. The van der Waals surface area contributed by atoms with Crippen molar-refractivity contribution in [3.63, 3.8) is 0 Å². The van der Waals surface area contributed by atoms with Crippen molar-refractivity contribution in [1.29, 1.82) is 0 Å². The molecule has 0 saturated heterocycles. The van der Waals surface area contributed by atoms with E-state index in [0.29, 0.717) is 16.6 Å². The van der Waals surface area contributed by atoms with Crippen molar-refractivity contribution >= 4 is 23.0 Å². The van der Waals surface area contributed by atoms with Crippen molar-refractivity contribution in [2.24, 2.45) is 5.92 Å². The lowest BCUT2D eigenvalue weighted by Crippen LogP contribution is -2.10. The second kappa shape index (κ2) is 6.90. The van der Waals surface area contributed by atoms with Gasteiger partial charge >= 0.3 is 6.18 Å². The maximum atomic E-state index is 12.8. The molecule has 2 aromatic heterocycles. The summed E-state index contributed by atoms with van der Waals surface area (Å²) >= 11 is 1.41. The summed E-state index contributed by atoms with van der Waals surface area (Å²) in [6.07, 6.45) is -0.243. The van der Waals surface area contributed by atoms with Gasteiger partial charge in [0.2, 0.25) is 5.95 Å². The molecular weight excluding hydrogens is 377 g/mol. The number of rotatable bonds is 5. The normalized spacial score (nSPS) is 15.6. The summed E-state index contributed by atoms with van der Waals surface area (Å²) in [5, 5.41) is 13.7. The van der Waals surface area contributed by atoms with E-state index >= 15 is 0 Å². The summed E-state index contributed by atoms with van der Waals surface area (Å²) in [6, 6.07) is 7.98. The van der Waals surface area contributed by atoms with Crippen LogP contribution in [0.2, 0.25) is 0 Å². The van der Waals surface area contributed by atoms with Crippen LogP contribution in [0.3, 0.4) is 0 Å². The Morgan fingerprint density at radius 2 is 2.00 bits per heavy atom. The van der Waals surface area contributed by atoms with Crippen LogP contribution in [0.25, 0.3) is 10.4 Å². The van der Waals surface area contributed by atoms with Crippen molar-refractivity contribution in [3.05, 3.63) is 53.4 Å². The first-order valence-corrected chi connectivity index (χ1v) is 9.13. The zero-order valence-corrected chi connectivity index (χ0v) is 14.8. The van der Waals surface area contributed by atoms with Gasteiger partial charge in [-0.3, -0.25) is 0 Å². The molecule has 1 saturated carbocycles. The zero-order chi connectivity index (χ0) is 19.0. The molecule has 0 aliphatic heterocycles. The number of aromatic nitrogens is 3. The summed E-state index contributed by atoms with van der Waals surface area (Å²) in [7, 11) is 0. The van der Waals surface area contributed by atoms with Crippen LogP contribution in [0.5, 0.6) is 0 Å². The number of aliphatic hydroxyl groups excluding tert-OH is 1. The Morgan fingerprint density at radius 1 is 1.19 bits per heavy atom. The number of alkyl halides is 3. The fourth-order valence-electron chi connectivity index (χ4n) is 2.63. The number of thiazole rings is 1. The number of nitrogens with zero attached hydrogens (tertiary/aromatic N) is 3. The highest BCUT2D eigenvalue weighted by Crippen LogP contribution is 2.43. The molecule has 4 rings (SSSR count). The lowest BCUT2D eigenvalue weighted by Gasteiger charge is -2.09. The molecule has 0 spiro atoms. The van der Waals surface area contributed by atoms with Crippen LogP contribution in [-0.4, -0.2) is 20.1 Å². The summed E-state index contributed by atoms with van der Waals surface area (Å²) < 4.78 is 38.3. The second-order valence-corrected chi connectivity index (χ2v) is 7.38. The highest BCUT2D eigenvalue weighted by molar-refractivity contribution is 7.15. The maximum absolute atomic E-state index is 12.8. The summed E-state index contributed by atoms with van der Waals surface area (Å²) in [5.74, 6) is 0.172. The number of halogens is 3. The van der Waals surface area contributed by atoms with E-state index in [2.05, 4.69) is 20.3 Å². The first-order valence-electron chi connectivity index (χ1n) is 8.31. The molecule has 27 heavy (non-hydrogen) atoms. The standard InChI is InChI=1S/C18H15F3N4OS/c19-18(20,21)14-6-7-22-17(25-14)24-12-3-1-2-11(8-12)13-9-23-16(27-13)15(26)10-4-5-10/h1-3,6-10,15,26H,4-5H2,(H,22,24,25). The van der Waals surface area contributed by atoms with E-state index < -0.39 is 18.0 Å². The molecule has 1 atom stereocenters. The Labute approximate surface area is 157 Å². The van der Waals surface area contributed by atoms with E-state index in [1.165, 1.54) is 11.3 Å². The number of aliphatic hydroxyl groups is 1. The van der Waals surface area contributed by atoms with Gasteiger partial charge in [0.15, 0.2) is 0 Å². The molecule has 1 aliphatic carbocycles. The highest BCUT2D eigenvalue weighted by atomic mass is 32.1. The highest BCUT2D eigenvalue weighted by Gasteiger charge is 2.33. The number of anilines is 2. The first kappa shape index (κ1) is 17.9. The van der Waals surface area contributed by atoms with Crippen LogP contribution in [0, 0.1) is 5.92 Å². The third-order valence-corrected chi connectivity index (χ3v) is 5.31. The van der Waals surface area contributed by atoms with E-state index in [0.717, 1.165) is 35.5 Å². The monoisotopic (exact) mass is 392 g/mol. The van der Waals surface area contributed by atoms with Gasteiger partial charge in [-0.2, -0.15) is 13.2 Å². The van der Waals surface area contributed by atoms with Gasteiger partial charge in [-0.15, -0.1) is 11.3 Å². The van der Waals surface area contributed by atoms with Gasteiger partial charge < -0.3 is 10.4 Å². The Morgan fingerprint density at radius 3 is 2.74 bits per heavy atom. The largest absolute Gasteiger partial charge is 0.433 e. The smallest absolute Gasteiger partial charge is 0.386 e. The summed E-state index contributed by atoms with van der Waals surface area (Å²) in [5.41, 5.74) is 0.403. The van der Waals surface area contributed by atoms with Crippen LogP contribution >= 0.6 is 11.3 Å². The molecule has 3 aromatic rings. The average molecular weight is 392 g/mol. The Balaban J connectivity index is 1.54. The van der Waals surface area contributed by atoms with Crippen molar-refractivity contribution in [3.8, 4) is 10.4 Å². The average Bonchev–Trinajstić information content (AvgIpc) is 3.37. The van der Waals surface area contributed by atoms with Crippen LogP contribution in [-0.2, 0) is 6.18 Å². The SMILES string of the molecule is OC(c1ncc(-c2cccc(Nc3nccc(C(F)(F)F)n3)c2)s1)C1CC1. The van der Waals surface area contributed by atoms with E-state index in [4.69, 9.17) is 0 Å². The van der Waals surface area contributed by atoms with Crippen molar-refractivity contribution in [1.82, 2.24) is 15.0 Å². The first-order chi connectivity index (χ1) is 12.9. The second-order valence-electron chi connectivity index (χ2n) is 6.31. The molecule has 5 nitrogen and oxygen atoms in total.